The highest BCUT2D eigenvalue weighted by molar-refractivity contribution is 5.85. The number of amides is 3. The summed E-state index contributed by atoms with van der Waals surface area (Å²) in [5.74, 6) is 0.176. The second-order valence-electron chi connectivity index (χ2n) is 8.86. The van der Waals surface area contributed by atoms with E-state index in [-0.39, 0.29) is 25.5 Å². The van der Waals surface area contributed by atoms with Crippen LogP contribution >= 0.6 is 0 Å². The predicted octanol–water partition coefficient (Wildman–Crippen LogP) is 3.57. The molecule has 1 unspecified atom stereocenters. The maximum Gasteiger partial charge on any atom is 0.410 e. The smallest absolute Gasteiger partial charge is 0.410 e. The minimum absolute atomic E-state index is 0.0986. The average Bonchev–Trinajstić information content (AvgIpc) is 3.52. The third kappa shape index (κ3) is 5.45. The molecule has 1 saturated heterocycles. The fraction of sp³-hybridized carbons (Fsp3) is 0.370. The van der Waals surface area contributed by atoms with E-state index in [1.165, 1.54) is 12.0 Å². The molecule has 3 amide bonds. The van der Waals surface area contributed by atoms with Crippen molar-refractivity contribution in [2.75, 3.05) is 27.3 Å². The van der Waals surface area contributed by atoms with E-state index in [2.05, 4.69) is 6.58 Å². The molecule has 0 spiro atoms. The van der Waals surface area contributed by atoms with Crippen molar-refractivity contribution in [3.8, 4) is 5.75 Å². The topological polar surface area (TPSA) is 88.6 Å². The number of methoxy groups -OCH3 is 2. The lowest BCUT2D eigenvalue weighted by atomic mass is 10.1. The van der Waals surface area contributed by atoms with Crippen molar-refractivity contribution in [1.29, 1.82) is 0 Å². The zero-order valence-electron chi connectivity index (χ0n) is 20.6. The zero-order chi connectivity index (χ0) is 25.7. The van der Waals surface area contributed by atoms with Crippen molar-refractivity contribution < 1.29 is 28.6 Å². The number of esters is 1. The van der Waals surface area contributed by atoms with Crippen molar-refractivity contribution in [1.82, 2.24) is 14.7 Å². The molecule has 190 valence electrons. The van der Waals surface area contributed by atoms with Gasteiger partial charge in [0.15, 0.2) is 0 Å². The van der Waals surface area contributed by atoms with Gasteiger partial charge in [-0.2, -0.15) is 0 Å². The molecule has 4 rings (SSSR count). The number of rotatable bonds is 7. The summed E-state index contributed by atoms with van der Waals surface area (Å²) in [6.07, 6.45) is 0.721. The largest absolute Gasteiger partial charge is 0.497 e. The molecular formula is C27H31N3O6. The summed E-state index contributed by atoms with van der Waals surface area (Å²) in [6.45, 7) is 5.41. The number of urea groups is 1. The molecule has 9 nitrogen and oxygen atoms in total. The van der Waals surface area contributed by atoms with Gasteiger partial charge in [0.05, 0.1) is 20.8 Å². The van der Waals surface area contributed by atoms with Crippen LogP contribution in [0.1, 0.15) is 23.1 Å². The molecule has 0 aromatic heterocycles. The van der Waals surface area contributed by atoms with E-state index in [1.54, 1.807) is 23.0 Å². The molecule has 0 bridgehead atoms. The Morgan fingerprint density at radius 2 is 1.72 bits per heavy atom. The first kappa shape index (κ1) is 25.1. The lowest BCUT2D eigenvalue weighted by molar-refractivity contribution is -0.145. The third-order valence-corrected chi connectivity index (χ3v) is 6.50. The van der Waals surface area contributed by atoms with Crippen LogP contribution in [0.4, 0.5) is 9.59 Å². The fourth-order valence-corrected chi connectivity index (χ4v) is 4.63. The van der Waals surface area contributed by atoms with E-state index in [4.69, 9.17) is 14.2 Å². The van der Waals surface area contributed by atoms with Crippen molar-refractivity contribution in [3.63, 3.8) is 0 Å². The van der Waals surface area contributed by atoms with Crippen LogP contribution in [-0.2, 0) is 33.9 Å². The summed E-state index contributed by atoms with van der Waals surface area (Å²) in [5, 5.41) is 0. The summed E-state index contributed by atoms with van der Waals surface area (Å²) in [6, 6.07) is 14.1. The quantitative estimate of drug-likeness (QED) is 0.433. The number of fused-ring (bicyclic) bond motifs is 1. The summed E-state index contributed by atoms with van der Waals surface area (Å²) in [4.78, 5) is 43.6. The minimum atomic E-state index is -0.848. The van der Waals surface area contributed by atoms with Crippen molar-refractivity contribution in [2.24, 2.45) is 0 Å². The number of benzene rings is 2. The summed E-state index contributed by atoms with van der Waals surface area (Å²) >= 11 is 0. The predicted molar refractivity (Wildman–Crippen MR) is 132 cm³/mol. The molecule has 2 aliphatic rings. The van der Waals surface area contributed by atoms with Gasteiger partial charge in [-0.05, 0) is 28.8 Å². The first-order chi connectivity index (χ1) is 17.4. The second-order valence-corrected chi connectivity index (χ2v) is 8.86. The highest BCUT2D eigenvalue weighted by atomic mass is 16.6. The normalized spacial score (nSPS) is 18.4. The zero-order valence-corrected chi connectivity index (χ0v) is 20.6. The molecule has 2 heterocycles. The van der Waals surface area contributed by atoms with Gasteiger partial charge >= 0.3 is 18.1 Å². The van der Waals surface area contributed by atoms with E-state index in [0.29, 0.717) is 19.6 Å². The molecular weight excluding hydrogens is 462 g/mol. The highest BCUT2D eigenvalue weighted by Crippen LogP contribution is 2.27. The lowest BCUT2D eigenvalue weighted by Gasteiger charge is -2.30. The average molecular weight is 494 g/mol. The summed E-state index contributed by atoms with van der Waals surface area (Å²) in [7, 11) is 2.87. The van der Waals surface area contributed by atoms with Gasteiger partial charge in [-0.25, -0.2) is 14.4 Å². The molecule has 0 N–H and O–H groups in total. The maximum atomic E-state index is 13.6. The van der Waals surface area contributed by atoms with Gasteiger partial charge < -0.3 is 24.0 Å². The van der Waals surface area contributed by atoms with Crippen molar-refractivity contribution in [3.05, 3.63) is 77.9 Å². The van der Waals surface area contributed by atoms with Gasteiger partial charge in [-0.15, -0.1) is 6.58 Å². The standard InChI is InChI=1S/C27H31N3O6/c1-4-13-28(15-19-9-11-22(34-2)12-10-19)26(32)30-18-23(14-24(30)25(31)35-3)36-27(33)29-16-20-7-5-6-8-21(20)17-29/h4-12,23-24H,1,13-18H2,2-3H3/t23-,24?/m1/s1. The van der Waals surface area contributed by atoms with E-state index in [9.17, 15) is 14.4 Å². The third-order valence-electron chi connectivity index (χ3n) is 6.50. The SMILES string of the molecule is C=CCN(Cc1ccc(OC)cc1)C(=O)N1C[C@H](OC(=O)N2Cc3ccccc3C2)CC1C(=O)OC. The Balaban J connectivity index is 1.44. The Labute approximate surface area is 210 Å². The number of carbonyl (C=O) groups is 3. The Bertz CT molecular complexity index is 1090. The number of hydrogen-bond donors (Lipinski definition) is 0. The molecule has 2 aromatic rings. The summed E-state index contributed by atoms with van der Waals surface area (Å²) in [5.41, 5.74) is 3.07. The molecule has 36 heavy (non-hydrogen) atoms. The van der Waals surface area contributed by atoms with Crippen LogP contribution in [0.2, 0.25) is 0 Å². The molecule has 1 fully saturated rings. The van der Waals surface area contributed by atoms with E-state index in [1.807, 2.05) is 48.5 Å². The van der Waals surface area contributed by atoms with Gasteiger partial charge in [-0.1, -0.05) is 42.5 Å². The van der Waals surface area contributed by atoms with Crippen molar-refractivity contribution in [2.45, 2.75) is 38.2 Å². The highest BCUT2D eigenvalue weighted by Gasteiger charge is 2.44. The Hall–Kier alpha value is -4.01. The molecule has 2 atom stereocenters. The molecule has 2 aromatic carbocycles. The van der Waals surface area contributed by atoms with Crippen LogP contribution in [0, 0.1) is 0 Å². The Morgan fingerprint density at radius 3 is 2.31 bits per heavy atom. The van der Waals surface area contributed by atoms with Gasteiger partial charge in [0.25, 0.3) is 0 Å². The van der Waals surface area contributed by atoms with Crippen LogP contribution in [0.15, 0.2) is 61.2 Å². The Kier molecular flexibility index (Phi) is 7.77. The molecule has 0 radical (unpaired) electrons. The van der Waals surface area contributed by atoms with Crippen LogP contribution in [0.3, 0.4) is 0 Å². The number of carbonyl (C=O) groups excluding carboxylic acids is 3. The fourth-order valence-electron chi connectivity index (χ4n) is 4.63. The monoisotopic (exact) mass is 493 g/mol. The van der Waals surface area contributed by atoms with Crippen LogP contribution < -0.4 is 4.74 Å². The second kappa shape index (κ2) is 11.2. The van der Waals surface area contributed by atoms with Crippen molar-refractivity contribution >= 4 is 18.1 Å². The number of ether oxygens (including phenoxy) is 3. The van der Waals surface area contributed by atoms with Crippen LogP contribution in [0.5, 0.6) is 5.75 Å². The molecule has 2 aliphatic heterocycles. The summed E-state index contributed by atoms with van der Waals surface area (Å²) < 4.78 is 15.9. The van der Waals surface area contributed by atoms with E-state index >= 15 is 0 Å². The lowest BCUT2D eigenvalue weighted by Crippen LogP contribution is -2.48. The molecule has 0 saturated carbocycles. The minimum Gasteiger partial charge on any atom is -0.497 e. The van der Waals surface area contributed by atoms with E-state index < -0.39 is 24.2 Å². The Morgan fingerprint density at radius 1 is 1.06 bits per heavy atom. The van der Waals surface area contributed by atoms with Crippen LogP contribution in [-0.4, -0.2) is 72.2 Å². The van der Waals surface area contributed by atoms with E-state index in [0.717, 1.165) is 22.4 Å². The number of nitrogens with zero attached hydrogens (tertiary/aromatic N) is 3. The van der Waals surface area contributed by atoms with Gasteiger partial charge in [0.1, 0.15) is 17.9 Å². The van der Waals surface area contributed by atoms with Gasteiger partial charge in [0, 0.05) is 32.6 Å². The van der Waals surface area contributed by atoms with Crippen LogP contribution in [0.25, 0.3) is 0 Å². The first-order valence-electron chi connectivity index (χ1n) is 11.8. The van der Waals surface area contributed by atoms with Gasteiger partial charge in [0.2, 0.25) is 0 Å². The van der Waals surface area contributed by atoms with Gasteiger partial charge in [-0.3, -0.25) is 4.90 Å². The maximum absolute atomic E-state index is 13.6. The number of hydrogen-bond acceptors (Lipinski definition) is 6. The first-order valence-corrected chi connectivity index (χ1v) is 11.8. The molecule has 0 aliphatic carbocycles. The number of likely N-dealkylation sites (tertiary alicyclic amines) is 1. The molecule has 9 heteroatoms.